The van der Waals surface area contributed by atoms with Gasteiger partial charge in [-0.05, 0) is 30.7 Å². The van der Waals surface area contributed by atoms with E-state index in [2.05, 4.69) is 0 Å². The summed E-state index contributed by atoms with van der Waals surface area (Å²) in [5.74, 6) is -2.00. The van der Waals surface area contributed by atoms with E-state index in [1.165, 1.54) is 58.2 Å². The highest BCUT2D eigenvalue weighted by Crippen LogP contribution is 2.54. The summed E-state index contributed by atoms with van der Waals surface area (Å²) in [5, 5.41) is 10.4. The van der Waals surface area contributed by atoms with E-state index in [1.54, 1.807) is 13.0 Å². The second kappa shape index (κ2) is 9.64. The van der Waals surface area contributed by atoms with Gasteiger partial charge in [0.15, 0.2) is 0 Å². The van der Waals surface area contributed by atoms with Gasteiger partial charge in [-0.15, -0.1) is 0 Å². The molecule has 0 radical (unpaired) electrons. The molecule has 1 amide bonds. The van der Waals surface area contributed by atoms with Gasteiger partial charge in [-0.25, -0.2) is 12.8 Å². The van der Waals surface area contributed by atoms with Gasteiger partial charge in [-0.2, -0.15) is 31.1 Å². The molecule has 3 aromatic rings. The molecule has 2 N–H and O–H groups in total. The van der Waals surface area contributed by atoms with E-state index in [-0.39, 0.29) is 40.1 Å². The first-order valence-electron chi connectivity index (χ1n) is 12.4. The monoisotopic (exact) mass is 614 g/mol. The third-order valence-corrected chi connectivity index (χ3v) is 9.05. The van der Waals surface area contributed by atoms with Crippen molar-refractivity contribution in [3.8, 4) is 0 Å². The largest absolute Gasteiger partial charge is 0.428 e. The Morgan fingerprint density at radius 3 is 2.17 bits per heavy atom. The summed E-state index contributed by atoms with van der Waals surface area (Å²) >= 11 is 0. The maximum absolute atomic E-state index is 15.5. The van der Waals surface area contributed by atoms with E-state index in [9.17, 15) is 44.7 Å². The number of hydrogen-bond donors (Lipinski definition) is 2. The van der Waals surface area contributed by atoms with E-state index < -0.39 is 56.6 Å². The standard InChI is InChI=1S/C28H21F7N2O4S/c1-2-37-21-11-12-22(18-9-6-10-19(23(18)21)24(37)38)42(40,41)36-25(26(39,27(30,31)32)28(33,34)35)14-13-17(20(29)15-25)16-7-4-3-5-8-16/h3-14,36,39H,2,15H2,1H3. The average Bonchev–Trinajstić information content (AvgIpc) is 3.19. The molecular weight excluding hydrogens is 593 g/mol. The average molecular weight is 615 g/mol. The van der Waals surface area contributed by atoms with Crippen LogP contribution in [0.5, 0.6) is 0 Å². The van der Waals surface area contributed by atoms with Crippen LogP contribution in [-0.4, -0.2) is 49.5 Å². The number of rotatable bonds is 6. The number of nitrogens with zero attached hydrogens (tertiary/aromatic N) is 1. The van der Waals surface area contributed by atoms with Gasteiger partial charge in [0.25, 0.3) is 11.5 Å². The zero-order valence-corrected chi connectivity index (χ0v) is 22.3. The molecule has 14 heteroatoms. The van der Waals surface area contributed by atoms with Gasteiger partial charge in [0.1, 0.15) is 11.4 Å². The predicted octanol–water partition coefficient (Wildman–Crippen LogP) is 6.03. The van der Waals surface area contributed by atoms with Gasteiger partial charge < -0.3 is 10.0 Å². The molecule has 0 aromatic heterocycles. The van der Waals surface area contributed by atoms with Gasteiger partial charge in [0.05, 0.1) is 10.6 Å². The molecule has 0 spiro atoms. The first kappa shape index (κ1) is 29.7. The predicted molar refractivity (Wildman–Crippen MR) is 140 cm³/mol. The molecule has 0 saturated carbocycles. The van der Waals surface area contributed by atoms with Crippen molar-refractivity contribution in [2.75, 3.05) is 11.4 Å². The van der Waals surface area contributed by atoms with E-state index in [1.807, 2.05) is 0 Å². The SMILES string of the molecule is CCN1C(=O)c2cccc3c(S(=O)(=O)NC4(C(O)(C(F)(F)F)C(F)(F)F)C=CC(c5ccccc5)=C(F)C4)ccc1c23. The van der Waals surface area contributed by atoms with Gasteiger partial charge in [0, 0.05) is 34.9 Å². The quantitative estimate of drug-likeness (QED) is 0.332. The number of sulfonamides is 1. The van der Waals surface area contributed by atoms with Crippen molar-refractivity contribution in [3.63, 3.8) is 0 Å². The lowest BCUT2D eigenvalue weighted by Crippen LogP contribution is -2.75. The molecule has 1 aliphatic heterocycles. The van der Waals surface area contributed by atoms with Crippen LogP contribution in [0.25, 0.3) is 16.3 Å². The summed E-state index contributed by atoms with van der Waals surface area (Å²) in [6.45, 7) is 1.85. The van der Waals surface area contributed by atoms with Crippen LogP contribution < -0.4 is 9.62 Å². The van der Waals surface area contributed by atoms with Crippen molar-refractivity contribution in [2.45, 2.75) is 41.7 Å². The summed E-state index contributed by atoms with van der Waals surface area (Å²) in [6, 6.07) is 13.2. The summed E-state index contributed by atoms with van der Waals surface area (Å²) in [6.07, 6.45) is -14.1. The van der Waals surface area contributed by atoms with Crippen LogP contribution >= 0.6 is 0 Å². The van der Waals surface area contributed by atoms with Gasteiger partial charge in [-0.1, -0.05) is 54.6 Å². The highest BCUT2D eigenvalue weighted by atomic mass is 32.2. The maximum Gasteiger partial charge on any atom is 0.428 e. The highest BCUT2D eigenvalue weighted by Gasteiger charge is 2.80. The molecule has 5 rings (SSSR count). The number of aliphatic hydroxyl groups is 1. The molecule has 2 aliphatic rings. The van der Waals surface area contributed by atoms with Crippen molar-refractivity contribution >= 4 is 38.0 Å². The van der Waals surface area contributed by atoms with Crippen LogP contribution in [-0.2, 0) is 10.0 Å². The second-order valence-electron chi connectivity index (χ2n) is 9.84. The summed E-state index contributed by atoms with van der Waals surface area (Å²) in [7, 11) is -5.38. The minimum Gasteiger partial charge on any atom is -0.372 e. The Hall–Kier alpha value is -3.75. The summed E-state index contributed by atoms with van der Waals surface area (Å²) in [5.41, 5.74) is -9.68. The lowest BCUT2D eigenvalue weighted by Gasteiger charge is -2.47. The molecule has 0 fully saturated rings. The first-order chi connectivity index (χ1) is 19.5. The van der Waals surface area contributed by atoms with Gasteiger partial charge in [0.2, 0.25) is 10.0 Å². The summed E-state index contributed by atoms with van der Waals surface area (Å²) in [4.78, 5) is 13.3. The molecule has 42 heavy (non-hydrogen) atoms. The van der Waals surface area contributed by atoms with Crippen molar-refractivity contribution in [1.82, 2.24) is 4.72 Å². The maximum atomic E-state index is 15.5. The zero-order valence-electron chi connectivity index (χ0n) is 21.5. The van der Waals surface area contributed by atoms with Crippen molar-refractivity contribution in [2.24, 2.45) is 0 Å². The number of halogens is 7. The zero-order chi connectivity index (χ0) is 30.9. The van der Waals surface area contributed by atoms with Crippen LogP contribution in [0, 0.1) is 0 Å². The fourth-order valence-corrected chi connectivity index (χ4v) is 7.09. The number of carbonyl (C=O) groups excluding carboxylic acids is 1. The molecule has 3 aromatic carbocycles. The third-order valence-electron chi connectivity index (χ3n) is 7.48. The number of alkyl halides is 6. The number of anilines is 1. The molecule has 1 atom stereocenters. The number of amides is 1. The number of allylic oxidation sites excluding steroid dienone is 2. The Kier molecular flexibility index (Phi) is 6.83. The van der Waals surface area contributed by atoms with E-state index >= 15 is 4.39 Å². The molecule has 1 unspecified atom stereocenters. The van der Waals surface area contributed by atoms with Crippen LogP contribution in [0.4, 0.5) is 36.4 Å². The lowest BCUT2D eigenvalue weighted by molar-refractivity contribution is -0.384. The van der Waals surface area contributed by atoms with Crippen molar-refractivity contribution in [3.05, 3.63) is 89.8 Å². The Balaban J connectivity index is 1.72. The Morgan fingerprint density at radius 2 is 1.60 bits per heavy atom. The van der Waals surface area contributed by atoms with Crippen molar-refractivity contribution in [1.29, 1.82) is 0 Å². The molecule has 222 valence electrons. The van der Waals surface area contributed by atoms with Crippen LogP contribution in [0.3, 0.4) is 0 Å². The van der Waals surface area contributed by atoms with Crippen LogP contribution in [0.1, 0.15) is 29.3 Å². The van der Waals surface area contributed by atoms with Crippen molar-refractivity contribution < 1.29 is 49.1 Å². The molecule has 0 bridgehead atoms. The number of carbonyl (C=O) groups is 1. The van der Waals surface area contributed by atoms with Crippen LogP contribution in [0.2, 0.25) is 0 Å². The van der Waals surface area contributed by atoms with Gasteiger partial charge in [-0.3, -0.25) is 4.79 Å². The van der Waals surface area contributed by atoms with Gasteiger partial charge >= 0.3 is 12.4 Å². The van der Waals surface area contributed by atoms with E-state index in [0.717, 1.165) is 6.07 Å². The number of benzene rings is 3. The molecule has 1 aliphatic carbocycles. The smallest absolute Gasteiger partial charge is 0.372 e. The fourth-order valence-electron chi connectivity index (χ4n) is 5.51. The Labute approximate surface area is 234 Å². The minimum atomic E-state index is -6.52. The number of hydrogen-bond acceptors (Lipinski definition) is 4. The van der Waals surface area contributed by atoms with E-state index in [4.69, 9.17) is 0 Å². The molecule has 0 saturated heterocycles. The first-order valence-corrected chi connectivity index (χ1v) is 13.9. The Bertz CT molecular complexity index is 1750. The Morgan fingerprint density at radius 1 is 0.952 bits per heavy atom. The molecule has 1 heterocycles. The lowest BCUT2D eigenvalue weighted by atomic mass is 9.72. The molecule has 6 nitrogen and oxygen atoms in total. The highest BCUT2D eigenvalue weighted by molar-refractivity contribution is 7.89. The number of nitrogens with one attached hydrogen (secondary N) is 1. The second-order valence-corrected chi connectivity index (χ2v) is 11.5. The van der Waals surface area contributed by atoms with E-state index in [0.29, 0.717) is 11.8 Å². The third kappa shape index (κ3) is 4.23. The molecular formula is C28H21F7N2O4S. The summed E-state index contributed by atoms with van der Waals surface area (Å²) < 4.78 is 130. The normalized spacial score (nSPS) is 19.7. The minimum absolute atomic E-state index is 0.0808. The fraction of sp³-hybridized carbons (Fsp3) is 0.250. The topological polar surface area (TPSA) is 86.7 Å². The van der Waals surface area contributed by atoms with Crippen LogP contribution in [0.15, 0.2) is 83.5 Å².